The van der Waals surface area contributed by atoms with Crippen LogP contribution in [0, 0.1) is 12.8 Å². The summed E-state index contributed by atoms with van der Waals surface area (Å²) in [6, 6.07) is 12.1. The summed E-state index contributed by atoms with van der Waals surface area (Å²) in [5, 5.41) is 3.86. The Morgan fingerprint density at radius 2 is 1.85 bits per heavy atom. The largest absolute Gasteiger partial charge is 0.369 e. The van der Waals surface area contributed by atoms with Crippen molar-refractivity contribution in [3.05, 3.63) is 63.7 Å². The molecule has 0 radical (unpaired) electrons. The normalized spacial score (nSPS) is 22.4. The van der Waals surface area contributed by atoms with Gasteiger partial charge in [-0.2, -0.15) is 0 Å². The van der Waals surface area contributed by atoms with E-state index in [4.69, 9.17) is 11.6 Å². The molecule has 0 spiro atoms. The van der Waals surface area contributed by atoms with Crippen molar-refractivity contribution in [2.24, 2.45) is 5.92 Å². The lowest BCUT2D eigenvalue weighted by molar-refractivity contribution is -0.123. The number of aryl methyl sites for hydroxylation is 1. The van der Waals surface area contributed by atoms with E-state index in [9.17, 15) is 9.59 Å². The lowest BCUT2D eigenvalue weighted by atomic mass is 9.76. The number of rotatable bonds is 6. The van der Waals surface area contributed by atoms with Crippen molar-refractivity contribution in [3.8, 4) is 0 Å². The maximum Gasteiger partial charge on any atom is 0.251 e. The first kappa shape index (κ1) is 23.4. The number of benzene rings is 2. The molecule has 2 fully saturated rings. The smallest absolute Gasteiger partial charge is 0.251 e. The molecule has 2 aliphatic carbocycles. The van der Waals surface area contributed by atoms with E-state index in [0.29, 0.717) is 30.2 Å². The number of carbonyl (C=O) groups excluding carboxylic acids is 2. The number of Topliss-reactive ketones (excluding diaryl/α,β-unsaturated/α-hetero) is 1. The highest BCUT2D eigenvalue weighted by Crippen LogP contribution is 2.45. The van der Waals surface area contributed by atoms with E-state index in [1.165, 1.54) is 16.8 Å². The third-order valence-corrected chi connectivity index (χ3v) is 8.15. The Kier molecular flexibility index (Phi) is 6.94. The molecule has 2 aromatic rings. The molecule has 1 saturated heterocycles. The minimum Gasteiger partial charge on any atom is -0.369 e. The molecule has 34 heavy (non-hydrogen) atoms. The van der Waals surface area contributed by atoms with Gasteiger partial charge < -0.3 is 10.2 Å². The SMILES string of the molecule is Cc1ccc(Cl)cc1N1CCN(CCCNC(=O)c2ccc3c(c2)CC(=O)C2CCCC32)CC1. The zero-order valence-corrected chi connectivity index (χ0v) is 20.7. The minimum atomic E-state index is -0.0370. The molecule has 180 valence electrons. The van der Waals surface area contributed by atoms with E-state index in [2.05, 4.69) is 40.2 Å². The van der Waals surface area contributed by atoms with Crippen LogP contribution in [0.15, 0.2) is 36.4 Å². The highest BCUT2D eigenvalue weighted by atomic mass is 35.5. The maximum atomic E-state index is 12.7. The lowest BCUT2D eigenvalue weighted by Gasteiger charge is -2.37. The number of amides is 1. The van der Waals surface area contributed by atoms with Crippen LogP contribution in [0.3, 0.4) is 0 Å². The fraction of sp³-hybridized carbons (Fsp3) is 0.500. The third-order valence-electron chi connectivity index (χ3n) is 7.92. The number of anilines is 1. The number of carbonyl (C=O) groups is 2. The first-order valence-corrected chi connectivity index (χ1v) is 13.0. The second-order valence-corrected chi connectivity index (χ2v) is 10.5. The van der Waals surface area contributed by atoms with Crippen LogP contribution in [0.4, 0.5) is 5.69 Å². The van der Waals surface area contributed by atoms with Crippen molar-refractivity contribution in [2.45, 2.75) is 44.9 Å². The van der Waals surface area contributed by atoms with Crippen LogP contribution in [0.1, 0.15) is 58.6 Å². The summed E-state index contributed by atoms with van der Waals surface area (Å²) in [6.07, 6.45) is 4.67. The van der Waals surface area contributed by atoms with E-state index < -0.39 is 0 Å². The molecule has 0 aromatic heterocycles. The molecule has 3 aliphatic rings. The number of hydrogen-bond donors (Lipinski definition) is 1. The van der Waals surface area contributed by atoms with E-state index in [0.717, 1.165) is 69.0 Å². The Morgan fingerprint density at radius 3 is 2.68 bits per heavy atom. The molecule has 6 heteroatoms. The highest BCUT2D eigenvalue weighted by Gasteiger charge is 2.38. The molecule has 5 rings (SSSR count). The number of nitrogens with one attached hydrogen (secondary N) is 1. The monoisotopic (exact) mass is 479 g/mol. The van der Waals surface area contributed by atoms with Crippen LogP contribution < -0.4 is 10.2 Å². The Labute approximate surface area is 207 Å². The average Bonchev–Trinajstić information content (AvgIpc) is 3.34. The number of nitrogens with zero attached hydrogens (tertiary/aromatic N) is 2. The number of piperazine rings is 1. The summed E-state index contributed by atoms with van der Waals surface area (Å²) in [4.78, 5) is 30.1. The van der Waals surface area contributed by atoms with Gasteiger partial charge in [0.2, 0.25) is 0 Å². The maximum absolute atomic E-state index is 12.7. The van der Waals surface area contributed by atoms with Crippen molar-refractivity contribution >= 4 is 29.0 Å². The quantitative estimate of drug-likeness (QED) is 0.615. The number of fused-ring (bicyclic) bond motifs is 3. The van der Waals surface area contributed by atoms with Crippen LogP contribution >= 0.6 is 11.6 Å². The summed E-state index contributed by atoms with van der Waals surface area (Å²) in [5.41, 5.74) is 5.53. The van der Waals surface area contributed by atoms with Gasteiger partial charge in [-0.3, -0.25) is 14.5 Å². The van der Waals surface area contributed by atoms with Gasteiger partial charge in [0.05, 0.1) is 0 Å². The van der Waals surface area contributed by atoms with Crippen molar-refractivity contribution < 1.29 is 9.59 Å². The zero-order valence-electron chi connectivity index (χ0n) is 20.0. The van der Waals surface area contributed by atoms with Gasteiger partial charge in [-0.05, 0) is 79.6 Å². The number of hydrogen-bond acceptors (Lipinski definition) is 4. The van der Waals surface area contributed by atoms with Gasteiger partial charge in [-0.15, -0.1) is 0 Å². The molecule has 1 saturated carbocycles. The molecule has 1 aliphatic heterocycles. The van der Waals surface area contributed by atoms with Crippen LogP contribution in [0.5, 0.6) is 0 Å². The second-order valence-electron chi connectivity index (χ2n) is 10.1. The van der Waals surface area contributed by atoms with Gasteiger partial charge in [0.1, 0.15) is 5.78 Å². The molecule has 0 bridgehead atoms. The van der Waals surface area contributed by atoms with Gasteiger partial charge in [-0.25, -0.2) is 0 Å². The van der Waals surface area contributed by atoms with Crippen molar-refractivity contribution in [1.82, 2.24) is 10.2 Å². The van der Waals surface area contributed by atoms with Crippen molar-refractivity contribution in [3.63, 3.8) is 0 Å². The first-order chi connectivity index (χ1) is 16.5. The van der Waals surface area contributed by atoms with E-state index in [1.807, 2.05) is 18.2 Å². The molecule has 2 atom stereocenters. The Bertz CT molecular complexity index is 1080. The highest BCUT2D eigenvalue weighted by molar-refractivity contribution is 6.30. The van der Waals surface area contributed by atoms with Gasteiger partial charge in [-0.1, -0.05) is 30.2 Å². The topological polar surface area (TPSA) is 52.6 Å². The van der Waals surface area contributed by atoms with E-state index >= 15 is 0 Å². The van der Waals surface area contributed by atoms with E-state index in [-0.39, 0.29) is 11.8 Å². The average molecular weight is 480 g/mol. The van der Waals surface area contributed by atoms with Gasteiger partial charge in [0.15, 0.2) is 0 Å². The van der Waals surface area contributed by atoms with Crippen molar-refractivity contribution in [1.29, 1.82) is 0 Å². The Morgan fingerprint density at radius 1 is 1.06 bits per heavy atom. The van der Waals surface area contributed by atoms with Crippen molar-refractivity contribution in [2.75, 3.05) is 44.2 Å². The Hall–Kier alpha value is -2.37. The van der Waals surface area contributed by atoms with Gasteiger partial charge in [0, 0.05) is 61.3 Å². The van der Waals surface area contributed by atoms with Crippen LogP contribution in [0.25, 0.3) is 0 Å². The van der Waals surface area contributed by atoms with E-state index in [1.54, 1.807) is 0 Å². The van der Waals surface area contributed by atoms with Crippen LogP contribution in [-0.4, -0.2) is 55.9 Å². The van der Waals surface area contributed by atoms with Crippen LogP contribution in [0.2, 0.25) is 5.02 Å². The Balaban J connectivity index is 1.07. The number of halogens is 1. The number of ketones is 1. The molecule has 1 amide bonds. The lowest BCUT2D eigenvalue weighted by Crippen LogP contribution is -2.47. The molecule has 2 unspecified atom stereocenters. The first-order valence-electron chi connectivity index (χ1n) is 12.7. The molecule has 2 aromatic carbocycles. The molecular formula is C28H34ClN3O2. The van der Waals surface area contributed by atoms with Gasteiger partial charge in [0.25, 0.3) is 5.91 Å². The fourth-order valence-electron chi connectivity index (χ4n) is 6.04. The predicted molar refractivity (Wildman–Crippen MR) is 137 cm³/mol. The third kappa shape index (κ3) is 4.87. The zero-order chi connectivity index (χ0) is 23.7. The predicted octanol–water partition coefficient (Wildman–Crippen LogP) is 4.60. The molecule has 1 N–H and O–H groups in total. The molecule has 1 heterocycles. The standard InChI is InChI=1S/C28H34ClN3O2/c1-19-6-8-22(29)18-26(19)32-14-12-31(13-15-32)11-3-10-30-28(34)20-7-9-23-21(16-20)17-27(33)25-5-2-4-24(23)25/h6-9,16,18,24-25H,2-5,10-15,17H2,1H3,(H,30,34). The molecular weight excluding hydrogens is 446 g/mol. The summed E-state index contributed by atoms with van der Waals surface area (Å²) >= 11 is 6.20. The second kappa shape index (κ2) is 10.1. The van der Waals surface area contributed by atoms with Gasteiger partial charge >= 0.3 is 0 Å². The summed E-state index contributed by atoms with van der Waals surface area (Å²) in [7, 11) is 0. The summed E-state index contributed by atoms with van der Waals surface area (Å²) in [6.45, 7) is 7.78. The molecule has 5 nitrogen and oxygen atoms in total. The summed E-state index contributed by atoms with van der Waals surface area (Å²) in [5.74, 6) is 0.906. The summed E-state index contributed by atoms with van der Waals surface area (Å²) < 4.78 is 0. The van der Waals surface area contributed by atoms with Crippen LogP contribution in [-0.2, 0) is 11.2 Å². The minimum absolute atomic E-state index is 0.0370. The fourth-order valence-corrected chi connectivity index (χ4v) is 6.21.